The number of rotatable bonds is 6. The summed E-state index contributed by atoms with van der Waals surface area (Å²) in [5.41, 5.74) is 2.82. The van der Waals surface area contributed by atoms with Crippen molar-refractivity contribution in [1.29, 1.82) is 0 Å². The van der Waals surface area contributed by atoms with Crippen LogP contribution in [0.25, 0.3) is 10.9 Å². The number of fused-ring (bicyclic) bond motifs is 1. The Labute approximate surface area is 156 Å². The minimum atomic E-state index is -3.03. The summed E-state index contributed by atoms with van der Waals surface area (Å²) in [7, 11) is -3.03. The molecule has 1 aromatic heterocycles. The van der Waals surface area contributed by atoms with E-state index in [2.05, 4.69) is 10.3 Å². The maximum absolute atomic E-state index is 13.9. The Morgan fingerprint density at radius 1 is 1.12 bits per heavy atom. The van der Waals surface area contributed by atoms with Crippen molar-refractivity contribution >= 4 is 38.0 Å². The second kappa shape index (κ2) is 7.60. The van der Waals surface area contributed by atoms with Crippen LogP contribution in [0.5, 0.6) is 0 Å². The minimum absolute atomic E-state index is 0.0403. The number of benzene rings is 2. The summed E-state index contributed by atoms with van der Waals surface area (Å²) < 4.78 is 36.5. The van der Waals surface area contributed by atoms with Crippen LogP contribution in [0.3, 0.4) is 0 Å². The molecule has 0 aliphatic heterocycles. The molecule has 1 heterocycles. The van der Waals surface area contributed by atoms with Gasteiger partial charge < -0.3 is 5.32 Å². The average Bonchev–Trinajstić information content (AvgIpc) is 2.56. The number of aromatic nitrogens is 1. The number of nitrogens with one attached hydrogen (secondary N) is 1. The van der Waals surface area contributed by atoms with Crippen LogP contribution in [-0.4, -0.2) is 26.2 Å². The van der Waals surface area contributed by atoms with Gasteiger partial charge in [0.25, 0.3) is 0 Å². The molecule has 0 radical (unpaired) electrons. The van der Waals surface area contributed by atoms with Gasteiger partial charge in [-0.15, -0.1) is 0 Å². The molecule has 0 amide bonds. The average molecular weight is 393 g/mol. The molecule has 0 saturated carbocycles. The molecule has 3 aromatic rings. The van der Waals surface area contributed by atoms with E-state index in [4.69, 9.17) is 11.6 Å². The molecule has 4 nitrogen and oxygen atoms in total. The van der Waals surface area contributed by atoms with E-state index in [9.17, 15) is 12.8 Å². The molecular formula is C19H18ClFN2O2S. The number of pyridine rings is 1. The first-order chi connectivity index (χ1) is 12.3. The highest BCUT2D eigenvalue weighted by molar-refractivity contribution is 7.89. The molecule has 1 N–H and O–H groups in total. The molecule has 0 bridgehead atoms. The van der Waals surface area contributed by atoms with Gasteiger partial charge in [-0.3, -0.25) is 0 Å². The maximum Gasteiger partial charge on any atom is 0.151 e. The highest BCUT2D eigenvalue weighted by atomic mass is 35.5. The third-order valence-electron chi connectivity index (χ3n) is 3.94. The molecule has 3 rings (SSSR count). The lowest BCUT2D eigenvalue weighted by Gasteiger charge is -2.11. The molecule has 0 aliphatic carbocycles. The van der Waals surface area contributed by atoms with Crippen LogP contribution < -0.4 is 5.32 Å². The Hall–Kier alpha value is -2.18. The van der Waals surface area contributed by atoms with E-state index in [1.807, 2.05) is 24.3 Å². The Balaban J connectivity index is 1.69. The fraction of sp³-hybridized carbons (Fsp3) is 0.211. The molecule has 2 aromatic carbocycles. The lowest BCUT2D eigenvalue weighted by Crippen LogP contribution is -2.06. The first-order valence-corrected chi connectivity index (χ1v) is 10.5. The third-order valence-corrected chi connectivity index (χ3v) is 4.99. The van der Waals surface area contributed by atoms with Gasteiger partial charge in [-0.05, 0) is 29.7 Å². The molecular weight excluding hydrogens is 375 g/mol. The lowest BCUT2D eigenvalue weighted by molar-refractivity contribution is 0.601. The largest absolute Gasteiger partial charge is 0.384 e. The van der Waals surface area contributed by atoms with Crippen LogP contribution >= 0.6 is 11.6 Å². The monoisotopic (exact) mass is 392 g/mol. The first-order valence-electron chi connectivity index (χ1n) is 8.06. The van der Waals surface area contributed by atoms with Crippen LogP contribution in [0.4, 0.5) is 10.1 Å². The summed E-state index contributed by atoms with van der Waals surface area (Å²) in [4.78, 5) is 4.04. The topological polar surface area (TPSA) is 59.1 Å². The zero-order chi connectivity index (χ0) is 18.7. The van der Waals surface area contributed by atoms with Crippen molar-refractivity contribution in [1.82, 2.24) is 4.98 Å². The molecule has 7 heteroatoms. The van der Waals surface area contributed by atoms with Crippen LogP contribution in [0.15, 0.2) is 48.5 Å². The van der Waals surface area contributed by atoms with Gasteiger partial charge in [-0.25, -0.2) is 17.8 Å². The summed E-state index contributed by atoms with van der Waals surface area (Å²) >= 11 is 6.00. The second-order valence-corrected chi connectivity index (χ2v) is 8.72. The predicted molar refractivity (Wildman–Crippen MR) is 104 cm³/mol. The van der Waals surface area contributed by atoms with Gasteiger partial charge in [0.1, 0.15) is 16.5 Å². The molecule has 0 atom stereocenters. The number of hydrogen-bond acceptors (Lipinski definition) is 4. The van der Waals surface area contributed by atoms with Gasteiger partial charge in [0.05, 0.1) is 5.75 Å². The summed E-state index contributed by atoms with van der Waals surface area (Å²) in [5, 5.41) is 4.18. The standard InChI is InChI=1S/C19H18ClFN2O2S/c1-26(24,25)12-14-7-5-13(6-8-14)9-10-22-17-11-18(20)23-19-15(17)3-2-4-16(19)21/h2-8,11H,9-10,12H2,1H3,(H,22,23). The fourth-order valence-electron chi connectivity index (χ4n) is 2.77. The minimum Gasteiger partial charge on any atom is -0.384 e. The van der Waals surface area contributed by atoms with Crippen molar-refractivity contribution in [3.05, 3.63) is 70.6 Å². The van der Waals surface area contributed by atoms with Crippen molar-refractivity contribution in [2.45, 2.75) is 12.2 Å². The highest BCUT2D eigenvalue weighted by Crippen LogP contribution is 2.27. The Kier molecular flexibility index (Phi) is 5.44. The van der Waals surface area contributed by atoms with Gasteiger partial charge in [-0.1, -0.05) is 48.0 Å². The highest BCUT2D eigenvalue weighted by Gasteiger charge is 2.09. The Bertz CT molecular complexity index is 1040. The van der Waals surface area contributed by atoms with Crippen molar-refractivity contribution < 1.29 is 12.8 Å². The van der Waals surface area contributed by atoms with Crippen LogP contribution in [0.2, 0.25) is 5.15 Å². The Morgan fingerprint density at radius 3 is 2.50 bits per heavy atom. The van der Waals surface area contributed by atoms with Crippen molar-refractivity contribution in [2.24, 2.45) is 0 Å². The van der Waals surface area contributed by atoms with Crippen LogP contribution in [-0.2, 0) is 22.0 Å². The smallest absolute Gasteiger partial charge is 0.151 e. The SMILES string of the molecule is CS(=O)(=O)Cc1ccc(CCNc2cc(Cl)nc3c(F)cccc23)cc1. The van der Waals surface area contributed by atoms with Gasteiger partial charge in [0.2, 0.25) is 0 Å². The summed E-state index contributed by atoms with van der Waals surface area (Å²) in [6, 6.07) is 13.9. The van der Waals surface area contributed by atoms with E-state index in [1.165, 1.54) is 12.3 Å². The maximum atomic E-state index is 13.9. The summed E-state index contributed by atoms with van der Waals surface area (Å²) in [5.74, 6) is -0.368. The third kappa shape index (κ3) is 4.71. The number of halogens is 2. The molecule has 0 unspecified atom stereocenters. The number of hydrogen-bond donors (Lipinski definition) is 1. The molecule has 136 valence electrons. The van der Waals surface area contributed by atoms with Gasteiger partial charge in [0, 0.05) is 23.9 Å². The fourth-order valence-corrected chi connectivity index (χ4v) is 3.77. The normalized spacial score (nSPS) is 11.7. The van der Waals surface area contributed by atoms with E-state index in [0.717, 1.165) is 23.2 Å². The van der Waals surface area contributed by atoms with Crippen molar-refractivity contribution in [3.8, 4) is 0 Å². The van der Waals surface area contributed by atoms with Gasteiger partial charge in [0.15, 0.2) is 9.84 Å². The van der Waals surface area contributed by atoms with Crippen molar-refractivity contribution in [2.75, 3.05) is 18.1 Å². The van der Waals surface area contributed by atoms with Crippen LogP contribution in [0, 0.1) is 5.82 Å². The first kappa shape index (κ1) is 18.6. The molecule has 26 heavy (non-hydrogen) atoms. The van der Waals surface area contributed by atoms with Gasteiger partial charge >= 0.3 is 0 Å². The van der Waals surface area contributed by atoms with E-state index in [-0.39, 0.29) is 16.4 Å². The number of anilines is 1. The molecule has 0 fully saturated rings. The van der Waals surface area contributed by atoms with E-state index in [0.29, 0.717) is 11.9 Å². The predicted octanol–water partition coefficient (Wildman–Crippen LogP) is 4.23. The quantitative estimate of drug-likeness (QED) is 0.638. The van der Waals surface area contributed by atoms with Crippen LogP contribution in [0.1, 0.15) is 11.1 Å². The number of para-hydroxylation sites is 1. The molecule has 0 spiro atoms. The van der Waals surface area contributed by atoms with E-state index in [1.54, 1.807) is 18.2 Å². The lowest BCUT2D eigenvalue weighted by atomic mass is 10.1. The molecule has 0 aliphatic rings. The number of nitrogens with zero attached hydrogens (tertiary/aromatic N) is 1. The molecule has 0 saturated heterocycles. The van der Waals surface area contributed by atoms with Gasteiger partial charge in [-0.2, -0.15) is 0 Å². The van der Waals surface area contributed by atoms with E-state index >= 15 is 0 Å². The zero-order valence-corrected chi connectivity index (χ0v) is 15.7. The second-order valence-electron chi connectivity index (χ2n) is 6.19. The van der Waals surface area contributed by atoms with Crippen molar-refractivity contribution in [3.63, 3.8) is 0 Å². The summed E-state index contributed by atoms with van der Waals surface area (Å²) in [6.45, 7) is 0.622. The van der Waals surface area contributed by atoms with E-state index < -0.39 is 15.7 Å². The summed E-state index contributed by atoms with van der Waals surface area (Å²) in [6.07, 6.45) is 1.95. The zero-order valence-electron chi connectivity index (χ0n) is 14.2. The Morgan fingerprint density at radius 2 is 1.81 bits per heavy atom. The number of sulfone groups is 1.